The van der Waals surface area contributed by atoms with E-state index in [1.54, 1.807) is 6.92 Å². The van der Waals surface area contributed by atoms with Crippen molar-refractivity contribution in [1.82, 2.24) is 0 Å². The zero-order chi connectivity index (χ0) is 12.2. The van der Waals surface area contributed by atoms with E-state index >= 15 is 0 Å². The van der Waals surface area contributed by atoms with E-state index in [0.29, 0.717) is 12.8 Å². The second kappa shape index (κ2) is 5.26. The number of rotatable bonds is 5. The molecule has 1 N–H and O–H groups in total. The van der Waals surface area contributed by atoms with Crippen LogP contribution in [0.4, 0.5) is 0 Å². The summed E-state index contributed by atoms with van der Waals surface area (Å²) in [4.78, 5) is 11.8. The smallest absolute Gasteiger partial charge is 0.164 e. The molecule has 1 atom stereocenters. The quantitative estimate of drug-likeness (QED) is 0.828. The van der Waals surface area contributed by atoms with Crippen LogP contribution in [0.3, 0.4) is 0 Å². The standard InChI is InChI=1S/C14H20O2/c1-11(2)9-13(15)14(3,16)10-12-7-5-4-6-8-12/h4-8,11,16H,9-10H2,1-3H3. The van der Waals surface area contributed by atoms with Gasteiger partial charge in [0.05, 0.1) is 0 Å². The van der Waals surface area contributed by atoms with Gasteiger partial charge in [0, 0.05) is 12.8 Å². The molecule has 0 amide bonds. The van der Waals surface area contributed by atoms with Gasteiger partial charge in [-0.25, -0.2) is 0 Å². The Morgan fingerprint density at radius 1 is 1.31 bits per heavy atom. The molecule has 0 saturated heterocycles. The lowest BCUT2D eigenvalue weighted by Gasteiger charge is -2.22. The highest BCUT2D eigenvalue weighted by molar-refractivity contribution is 5.87. The van der Waals surface area contributed by atoms with Crippen LogP contribution in [0, 0.1) is 5.92 Å². The molecule has 0 fully saturated rings. The molecule has 1 unspecified atom stereocenters. The van der Waals surface area contributed by atoms with Crippen molar-refractivity contribution in [3.05, 3.63) is 35.9 Å². The third kappa shape index (κ3) is 3.78. The maximum Gasteiger partial charge on any atom is 0.164 e. The van der Waals surface area contributed by atoms with E-state index in [1.807, 2.05) is 44.2 Å². The molecule has 1 aromatic carbocycles. The van der Waals surface area contributed by atoms with Gasteiger partial charge in [-0.3, -0.25) is 4.79 Å². The van der Waals surface area contributed by atoms with Gasteiger partial charge in [0.1, 0.15) is 5.60 Å². The minimum Gasteiger partial charge on any atom is -0.382 e. The van der Waals surface area contributed by atoms with Crippen LogP contribution in [-0.2, 0) is 11.2 Å². The number of aliphatic hydroxyl groups is 1. The maximum absolute atomic E-state index is 11.8. The first kappa shape index (κ1) is 12.9. The number of hydrogen-bond donors (Lipinski definition) is 1. The van der Waals surface area contributed by atoms with Crippen LogP contribution in [0.2, 0.25) is 0 Å². The van der Waals surface area contributed by atoms with Crippen LogP contribution in [0.15, 0.2) is 30.3 Å². The first-order chi connectivity index (χ1) is 7.42. The Hall–Kier alpha value is -1.15. The highest BCUT2D eigenvalue weighted by atomic mass is 16.3. The molecular formula is C14H20O2. The van der Waals surface area contributed by atoms with Gasteiger partial charge in [-0.1, -0.05) is 44.2 Å². The molecular weight excluding hydrogens is 200 g/mol. The molecule has 0 radical (unpaired) electrons. The Morgan fingerprint density at radius 2 is 1.88 bits per heavy atom. The Kier molecular flexibility index (Phi) is 4.25. The van der Waals surface area contributed by atoms with Gasteiger partial charge in [-0.15, -0.1) is 0 Å². The molecule has 0 aromatic heterocycles. The van der Waals surface area contributed by atoms with Gasteiger partial charge < -0.3 is 5.11 Å². The van der Waals surface area contributed by atoms with Crippen LogP contribution in [0.1, 0.15) is 32.8 Å². The van der Waals surface area contributed by atoms with Crippen molar-refractivity contribution < 1.29 is 9.90 Å². The van der Waals surface area contributed by atoms with Crippen LogP contribution in [0.25, 0.3) is 0 Å². The van der Waals surface area contributed by atoms with Gasteiger partial charge in [0.25, 0.3) is 0 Å². The summed E-state index contributed by atoms with van der Waals surface area (Å²) in [5, 5.41) is 10.1. The largest absolute Gasteiger partial charge is 0.382 e. The molecule has 0 aliphatic rings. The lowest BCUT2D eigenvalue weighted by Crippen LogP contribution is -2.38. The highest BCUT2D eigenvalue weighted by Gasteiger charge is 2.30. The summed E-state index contributed by atoms with van der Waals surface area (Å²) < 4.78 is 0. The van der Waals surface area contributed by atoms with Crippen LogP contribution >= 0.6 is 0 Å². The molecule has 2 nitrogen and oxygen atoms in total. The SMILES string of the molecule is CC(C)CC(=O)C(C)(O)Cc1ccccc1. The van der Waals surface area contributed by atoms with E-state index in [4.69, 9.17) is 0 Å². The Morgan fingerprint density at radius 3 is 2.38 bits per heavy atom. The number of hydrogen-bond acceptors (Lipinski definition) is 2. The minimum absolute atomic E-state index is 0.0775. The summed E-state index contributed by atoms with van der Waals surface area (Å²) >= 11 is 0. The van der Waals surface area contributed by atoms with Crippen molar-refractivity contribution in [3.63, 3.8) is 0 Å². The molecule has 0 bridgehead atoms. The maximum atomic E-state index is 11.8. The summed E-state index contributed by atoms with van der Waals surface area (Å²) in [7, 11) is 0. The minimum atomic E-state index is -1.24. The molecule has 88 valence electrons. The van der Waals surface area contributed by atoms with Crippen molar-refractivity contribution >= 4 is 5.78 Å². The molecule has 16 heavy (non-hydrogen) atoms. The first-order valence-electron chi connectivity index (χ1n) is 5.71. The summed E-state index contributed by atoms with van der Waals surface area (Å²) in [6.07, 6.45) is 0.819. The summed E-state index contributed by atoms with van der Waals surface area (Å²) in [5.74, 6) is 0.209. The molecule has 0 spiro atoms. The van der Waals surface area contributed by atoms with E-state index in [1.165, 1.54) is 0 Å². The monoisotopic (exact) mass is 220 g/mol. The second-order valence-corrected chi connectivity index (χ2v) is 4.96. The zero-order valence-electron chi connectivity index (χ0n) is 10.2. The highest BCUT2D eigenvalue weighted by Crippen LogP contribution is 2.18. The van der Waals surface area contributed by atoms with Gasteiger partial charge in [0.2, 0.25) is 0 Å². The van der Waals surface area contributed by atoms with Gasteiger partial charge in [0.15, 0.2) is 5.78 Å². The van der Waals surface area contributed by atoms with Crippen molar-refractivity contribution in [2.45, 2.75) is 39.2 Å². The topological polar surface area (TPSA) is 37.3 Å². The molecule has 2 heteroatoms. The summed E-state index contributed by atoms with van der Waals surface area (Å²) in [6, 6.07) is 9.61. The fraction of sp³-hybridized carbons (Fsp3) is 0.500. The summed E-state index contributed by atoms with van der Waals surface area (Å²) in [6.45, 7) is 5.57. The lowest BCUT2D eigenvalue weighted by molar-refractivity contribution is -0.136. The zero-order valence-corrected chi connectivity index (χ0v) is 10.2. The molecule has 1 aromatic rings. The van der Waals surface area contributed by atoms with E-state index in [0.717, 1.165) is 5.56 Å². The van der Waals surface area contributed by atoms with Crippen molar-refractivity contribution in [2.75, 3.05) is 0 Å². The first-order valence-corrected chi connectivity index (χ1v) is 5.71. The second-order valence-electron chi connectivity index (χ2n) is 4.96. The van der Waals surface area contributed by atoms with Crippen molar-refractivity contribution in [3.8, 4) is 0 Å². The summed E-state index contributed by atoms with van der Waals surface area (Å²) in [5.41, 5.74) is -0.254. The fourth-order valence-electron chi connectivity index (χ4n) is 1.68. The van der Waals surface area contributed by atoms with Crippen molar-refractivity contribution in [1.29, 1.82) is 0 Å². The number of carbonyl (C=O) groups is 1. The molecule has 0 aliphatic heterocycles. The van der Waals surface area contributed by atoms with Gasteiger partial charge >= 0.3 is 0 Å². The number of Topliss-reactive ketones (excluding diaryl/α,β-unsaturated/α-hetero) is 1. The Labute approximate surface area is 97.3 Å². The normalized spacial score (nSPS) is 14.8. The van der Waals surface area contributed by atoms with E-state index in [9.17, 15) is 9.90 Å². The predicted molar refractivity (Wildman–Crippen MR) is 65.2 cm³/mol. The fourth-order valence-corrected chi connectivity index (χ4v) is 1.68. The average molecular weight is 220 g/mol. The van der Waals surface area contributed by atoms with Crippen molar-refractivity contribution in [2.24, 2.45) is 5.92 Å². The molecule has 0 heterocycles. The van der Waals surface area contributed by atoms with E-state index < -0.39 is 5.60 Å². The van der Waals surface area contributed by atoms with E-state index in [-0.39, 0.29) is 11.7 Å². The molecule has 1 rings (SSSR count). The number of benzene rings is 1. The Balaban J connectivity index is 2.68. The number of carbonyl (C=O) groups excluding carboxylic acids is 1. The van der Waals surface area contributed by atoms with Crippen LogP contribution in [0.5, 0.6) is 0 Å². The van der Waals surface area contributed by atoms with Gasteiger partial charge in [-0.05, 0) is 18.4 Å². The average Bonchev–Trinajstić information content (AvgIpc) is 2.17. The third-order valence-corrected chi connectivity index (χ3v) is 2.59. The van der Waals surface area contributed by atoms with Gasteiger partial charge in [-0.2, -0.15) is 0 Å². The lowest BCUT2D eigenvalue weighted by atomic mass is 9.88. The Bertz CT molecular complexity index is 339. The number of ketones is 1. The van der Waals surface area contributed by atoms with E-state index in [2.05, 4.69) is 0 Å². The molecule has 0 saturated carbocycles. The molecule has 0 aliphatic carbocycles. The van der Waals surface area contributed by atoms with Crippen LogP contribution < -0.4 is 0 Å². The van der Waals surface area contributed by atoms with Crippen LogP contribution in [-0.4, -0.2) is 16.5 Å². The third-order valence-electron chi connectivity index (χ3n) is 2.59. The predicted octanol–water partition coefficient (Wildman–Crippen LogP) is 2.60.